The summed E-state index contributed by atoms with van der Waals surface area (Å²) in [7, 11) is 0. The van der Waals surface area contributed by atoms with Crippen molar-refractivity contribution in [2.75, 3.05) is 13.2 Å². The molecule has 0 bridgehead atoms. The molecule has 0 spiro atoms. The van der Waals surface area contributed by atoms with Gasteiger partial charge in [-0.15, -0.1) is 0 Å². The summed E-state index contributed by atoms with van der Waals surface area (Å²) in [4.78, 5) is 0. The number of rotatable bonds is 6. The topological polar surface area (TPSA) is 41.5 Å². The molecule has 0 aromatic carbocycles. The zero-order valence-electron chi connectivity index (χ0n) is 11.9. The first-order valence-corrected chi connectivity index (χ1v) is 7.00. The van der Waals surface area contributed by atoms with Crippen LogP contribution in [0.25, 0.3) is 0 Å². The third-order valence-corrected chi connectivity index (χ3v) is 3.90. The van der Waals surface area contributed by atoms with Gasteiger partial charge in [0.1, 0.15) is 0 Å². The Morgan fingerprint density at radius 1 is 1.47 bits per heavy atom. The van der Waals surface area contributed by atoms with Gasteiger partial charge in [-0.2, -0.15) is 0 Å². The molecule has 0 radical (unpaired) electrons. The molecule has 1 fully saturated rings. The van der Waals surface area contributed by atoms with E-state index >= 15 is 0 Å². The Balaban J connectivity index is 2.37. The van der Waals surface area contributed by atoms with Crippen LogP contribution in [-0.4, -0.2) is 35.5 Å². The van der Waals surface area contributed by atoms with Crippen LogP contribution in [0.15, 0.2) is 0 Å². The minimum absolute atomic E-state index is 0.0204. The quantitative estimate of drug-likeness (QED) is 0.753. The molecular weight excluding hydrogens is 214 g/mol. The summed E-state index contributed by atoms with van der Waals surface area (Å²) < 4.78 is 5.82. The predicted molar refractivity (Wildman–Crippen MR) is 71.2 cm³/mol. The van der Waals surface area contributed by atoms with Crippen LogP contribution < -0.4 is 5.32 Å². The SMILES string of the molecule is CCCC(C)(O)CNC1CCOC(C)(CC)C1. The molecule has 3 unspecified atom stereocenters. The molecule has 0 amide bonds. The molecule has 0 saturated carbocycles. The van der Waals surface area contributed by atoms with Crippen LogP contribution in [0.1, 0.15) is 59.8 Å². The van der Waals surface area contributed by atoms with Crippen LogP contribution in [0.2, 0.25) is 0 Å². The molecule has 3 heteroatoms. The van der Waals surface area contributed by atoms with Crippen LogP contribution in [0.4, 0.5) is 0 Å². The average Bonchev–Trinajstić information content (AvgIpc) is 2.27. The highest BCUT2D eigenvalue weighted by Crippen LogP contribution is 2.27. The first-order valence-electron chi connectivity index (χ1n) is 7.00. The van der Waals surface area contributed by atoms with Crippen molar-refractivity contribution in [1.29, 1.82) is 0 Å². The second-order valence-corrected chi connectivity index (χ2v) is 5.97. The van der Waals surface area contributed by atoms with Gasteiger partial charge in [0, 0.05) is 19.2 Å². The van der Waals surface area contributed by atoms with Crippen molar-refractivity contribution in [2.45, 2.75) is 77.0 Å². The summed E-state index contributed by atoms with van der Waals surface area (Å²) in [6, 6.07) is 0.483. The highest BCUT2D eigenvalue weighted by atomic mass is 16.5. The van der Waals surface area contributed by atoms with Gasteiger partial charge in [-0.25, -0.2) is 0 Å². The highest BCUT2D eigenvalue weighted by molar-refractivity contribution is 4.87. The Kier molecular flexibility index (Phi) is 5.42. The maximum absolute atomic E-state index is 10.1. The van der Waals surface area contributed by atoms with Gasteiger partial charge in [0.25, 0.3) is 0 Å². The van der Waals surface area contributed by atoms with E-state index in [1.807, 2.05) is 6.92 Å². The van der Waals surface area contributed by atoms with E-state index in [-0.39, 0.29) is 5.60 Å². The van der Waals surface area contributed by atoms with E-state index in [0.29, 0.717) is 12.6 Å². The molecule has 17 heavy (non-hydrogen) atoms. The first kappa shape index (κ1) is 14.9. The van der Waals surface area contributed by atoms with Crippen molar-refractivity contribution in [2.24, 2.45) is 0 Å². The van der Waals surface area contributed by atoms with Crippen LogP contribution >= 0.6 is 0 Å². The molecular formula is C14H29NO2. The average molecular weight is 243 g/mol. The summed E-state index contributed by atoms with van der Waals surface area (Å²) in [6.45, 7) is 9.91. The standard InChI is InChI=1S/C14H29NO2/c1-5-8-13(3,16)11-15-12-7-9-17-14(4,6-2)10-12/h12,15-16H,5-11H2,1-4H3. The lowest BCUT2D eigenvalue weighted by Gasteiger charge is -2.39. The normalized spacial score (nSPS) is 33.4. The zero-order valence-corrected chi connectivity index (χ0v) is 11.9. The van der Waals surface area contributed by atoms with E-state index in [1.165, 1.54) is 0 Å². The van der Waals surface area contributed by atoms with Crippen molar-refractivity contribution in [3.8, 4) is 0 Å². The molecule has 1 aliphatic heterocycles. The molecule has 102 valence electrons. The molecule has 1 rings (SSSR count). The van der Waals surface area contributed by atoms with E-state index in [2.05, 4.69) is 26.1 Å². The van der Waals surface area contributed by atoms with E-state index < -0.39 is 5.60 Å². The molecule has 2 N–H and O–H groups in total. The Hall–Kier alpha value is -0.120. The highest BCUT2D eigenvalue weighted by Gasteiger charge is 2.32. The van der Waals surface area contributed by atoms with Gasteiger partial charge in [-0.1, -0.05) is 20.3 Å². The lowest BCUT2D eigenvalue weighted by Crippen LogP contribution is -2.49. The van der Waals surface area contributed by atoms with E-state index in [9.17, 15) is 5.11 Å². The van der Waals surface area contributed by atoms with Crippen molar-refractivity contribution in [3.63, 3.8) is 0 Å². The lowest BCUT2D eigenvalue weighted by molar-refractivity contribution is -0.0804. The first-order chi connectivity index (χ1) is 7.91. The van der Waals surface area contributed by atoms with Gasteiger partial charge in [0.15, 0.2) is 0 Å². The largest absolute Gasteiger partial charge is 0.389 e. The van der Waals surface area contributed by atoms with Gasteiger partial charge >= 0.3 is 0 Å². The van der Waals surface area contributed by atoms with Gasteiger partial charge in [-0.3, -0.25) is 0 Å². The maximum Gasteiger partial charge on any atom is 0.0743 e. The minimum atomic E-state index is -0.574. The second kappa shape index (κ2) is 6.17. The molecule has 1 saturated heterocycles. The van der Waals surface area contributed by atoms with Crippen molar-refractivity contribution >= 4 is 0 Å². The summed E-state index contributed by atoms with van der Waals surface area (Å²) in [5.74, 6) is 0. The minimum Gasteiger partial charge on any atom is -0.389 e. The summed E-state index contributed by atoms with van der Waals surface area (Å²) in [5, 5.41) is 13.6. The van der Waals surface area contributed by atoms with Crippen LogP contribution in [0.5, 0.6) is 0 Å². The number of ether oxygens (including phenoxy) is 1. The fraction of sp³-hybridized carbons (Fsp3) is 1.00. The molecule has 0 aromatic rings. The Labute approximate surface area is 106 Å². The van der Waals surface area contributed by atoms with Crippen LogP contribution in [-0.2, 0) is 4.74 Å². The number of hydrogen-bond acceptors (Lipinski definition) is 3. The van der Waals surface area contributed by atoms with Crippen molar-refractivity contribution in [1.82, 2.24) is 5.32 Å². The zero-order chi connectivity index (χ0) is 12.9. The molecule has 1 heterocycles. The Morgan fingerprint density at radius 3 is 2.76 bits per heavy atom. The lowest BCUT2D eigenvalue weighted by atomic mass is 9.89. The molecule has 1 aliphatic rings. The third-order valence-electron chi connectivity index (χ3n) is 3.90. The fourth-order valence-electron chi connectivity index (χ4n) is 2.54. The van der Waals surface area contributed by atoms with E-state index in [0.717, 1.165) is 38.7 Å². The number of hydrogen-bond donors (Lipinski definition) is 2. The van der Waals surface area contributed by atoms with Gasteiger partial charge in [-0.05, 0) is 39.5 Å². The molecule has 3 atom stereocenters. The monoisotopic (exact) mass is 243 g/mol. The number of nitrogens with one attached hydrogen (secondary N) is 1. The summed E-state index contributed by atoms with van der Waals surface area (Å²) >= 11 is 0. The predicted octanol–water partition coefficient (Wildman–Crippen LogP) is 2.47. The summed E-state index contributed by atoms with van der Waals surface area (Å²) in [5.41, 5.74) is -0.553. The Bertz CT molecular complexity index is 230. The van der Waals surface area contributed by atoms with Gasteiger partial charge < -0.3 is 15.2 Å². The smallest absolute Gasteiger partial charge is 0.0743 e. The fourth-order valence-corrected chi connectivity index (χ4v) is 2.54. The van der Waals surface area contributed by atoms with Crippen LogP contribution in [0, 0.1) is 0 Å². The van der Waals surface area contributed by atoms with Gasteiger partial charge in [0.2, 0.25) is 0 Å². The Morgan fingerprint density at radius 2 is 2.18 bits per heavy atom. The number of aliphatic hydroxyl groups is 1. The summed E-state index contributed by atoms with van der Waals surface area (Å²) in [6.07, 6.45) is 5.03. The van der Waals surface area contributed by atoms with E-state index in [1.54, 1.807) is 0 Å². The molecule has 3 nitrogen and oxygen atoms in total. The van der Waals surface area contributed by atoms with Crippen LogP contribution in [0.3, 0.4) is 0 Å². The molecule has 0 aromatic heterocycles. The maximum atomic E-state index is 10.1. The van der Waals surface area contributed by atoms with E-state index in [4.69, 9.17) is 4.74 Å². The molecule has 0 aliphatic carbocycles. The second-order valence-electron chi connectivity index (χ2n) is 5.97. The third kappa shape index (κ3) is 4.94. The van der Waals surface area contributed by atoms with Crippen molar-refractivity contribution in [3.05, 3.63) is 0 Å². The van der Waals surface area contributed by atoms with Crippen molar-refractivity contribution < 1.29 is 9.84 Å². The van der Waals surface area contributed by atoms with Gasteiger partial charge in [0.05, 0.1) is 11.2 Å².